The Morgan fingerprint density at radius 2 is 1.90 bits per heavy atom. The fourth-order valence-corrected chi connectivity index (χ4v) is 1.86. The lowest BCUT2D eigenvalue weighted by Crippen LogP contribution is -2.17. The second-order valence-corrected chi connectivity index (χ2v) is 4.09. The van der Waals surface area contributed by atoms with Gasteiger partial charge < -0.3 is 14.6 Å². The molecule has 0 aliphatic rings. The van der Waals surface area contributed by atoms with Gasteiger partial charge >= 0.3 is 6.36 Å². The Labute approximate surface area is 118 Å². The van der Waals surface area contributed by atoms with Crippen molar-refractivity contribution in [1.82, 2.24) is 4.98 Å². The maximum Gasteiger partial charge on any atom is 0.573 e. The molecule has 0 spiro atoms. The van der Waals surface area contributed by atoms with Crippen LogP contribution >= 0.6 is 0 Å². The lowest BCUT2D eigenvalue weighted by atomic mass is 10.0. The van der Waals surface area contributed by atoms with E-state index in [0.29, 0.717) is 11.1 Å². The standard InChI is InChI=1S/C14H12F3NO3/c1-20-13-6-9(8-19)11(7-18-13)10-4-2-3-5-12(10)21-14(15,16)17/h2-7,19H,8H2,1H3. The molecule has 1 heterocycles. The molecule has 112 valence electrons. The Hall–Kier alpha value is -2.28. The topological polar surface area (TPSA) is 51.6 Å². The number of benzene rings is 1. The van der Waals surface area contributed by atoms with E-state index < -0.39 is 6.36 Å². The zero-order chi connectivity index (χ0) is 15.5. The van der Waals surface area contributed by atoms with Crippen molar-refractivity contribution in [1.29, 1.82) is 0 Å². The zero-order valence-corrected chi connectivity index (χ0v) is 11.0. The summed E-state index contributed by atoms with van der Waals surface area (Å²) in [5, 5.41) is 9.38. The first-order chi connectivity index (χ1) is 9.94. The van der Waals surface area contributed by atoms with Crippen LogP contribution in [-0.4, -0.2) is 23.6 Å². The third-order valence-corrected chi connectivity index (χ3v) is 2.75. The van der Waals surface area contributed by atoms with Gasteiger partial charge in [0.1, 0.15) is 5.75 Å². The highest BCUT2D eigenvalue weighted by atomic mass is 19.4. The molecular formula is C14H12F3NO3. The molecule has 0 aliphatic carbocycles. The van der Waals surface area contributed by atoms with Gasteiger partial charge in [-0.25, -0.2) is 4.98 Å². The summed E-state index contributed by atoms with van der Waals surface area (Å²) in [6, 6.07) is 7.13. The van der Waals surface area contributed by atoms with E-state index in [9.17, 15) is 18.3 Å². The summed E-state index contributed by atoms with van der Waals surface area (Å²) in [4.78, 5) is 3.95. The molecular weight excluding hydrogens is 287 g/mol. The molecule has 1 aromatic carbocycles. The number of hydrogen-bond acceptors (Lipinski definition) is 4. The van der Waals surface area contributed by atoms with Crippen molar-refractivity contribution in [3.8, 4) is 22.8 Å². The highest BCUT2D eigenvalue weighted by Crippen LogP contribution is 2.35. The second kappa shape index (κ2) is 6.01. The van der Waals surface area contributed by atoms with Crippen LogP contribution in [0.3, 0.4) is 0 Å². The molecule has 1 aromatic heterocycles. The number of halogens is 3. The van der Waals surface area contributed by atoms with Gasteiger partial charge in [0.15, 0.2) is 0 Å². The first-order valence-corrected chi connectivity index (χ1v) is 5.93. The average Bonchev–Trinajstić information content (AvgIpc) is 2.45. The van der Waals surface area contributed by atoms with Crippen molar-refractivity contribution >= 4 is 0 Å². The number of ether oxygens (including phenoxy) is 2. The van der Waals surface area contributed by atoms with Crippen LogP contribution in [0.2, 0.25) is 0 Å². The minimum absolute atomic E-state index is 0.189. The number of rotatable bonds is 4. The second-order valence-electron chi connectivity index (χ2n) is 4.09. The van der Waals surface area contributed by atoms with E-state index in [2.05, 4.69) is 9.72 Å². The fraction of sp³-hybridized carbons (Fsp3) is 0.214. The summed E-state index contributed by atoms with van der Waals surface area (Å²) in [5.41, 5.74) is 0.923. The highest BCUT2D eigenvalue weighted by Gasteiger charge is 2.32. The Morgan fingerprint density at radius 3 is 2.52 bits per heavy atom. The van der Waals surface area contributed by atoms with Crippen LogP contribution in [0, 0.1) is 0 Å². The van der Waals surface area contributed by atoms with Crippen LogP contribution in [0.25, 0.3) is 11.1 Å². The van der Waals surface area contributed by atoms with E-state index in [4.69, 9.17) is 4.74 Å². The molecule has 1 N–H and O–H groups in total. The van der Waals surface area contributed by atoms with E-state index in [1.807, 2.05) is 0 Å². The van der Waals surface area contributed by atoms with Gasteiger partial charge in [0.2, 0.25) is 5.88 Å². The molecule has 7 heteroatoms. The van der Waals surface area contributed by atoms with Crippen LogP contribution in [0.1, 0.15) is 5.56 Å². The number of methoxy groups -OCH3 is 1. The third kappa shape index (κ3) is 3.63. The van der Waals surface area contributed by atoms with Gasteiger partial charge in [-0.05, 0) is 11.6 Å². The number of para-hydroxylation sites is 1. The molecule has 0 atom stereocenters. The SMILES string of the molecule is COc1cc(CO)c(-c2ccccc2OC(F)(F)F)cn1. The summed E-state index contributed by atoms with van der Waals surface area (Å²) in [6.45, 7) is -0.367. The largest absolute Gasteiger partial charge is 0.573 e. The zero-order valence-electron chi connectivity index (χ0n) is 11.0. The van der Waals surface area contributed by atoms with Crippen LogP contribution in [0.4, 0.5) is 13.2 Å². The fourth-order valence-electron chi connectivity index (χ4n) is 1.86. The average molecular weight is 299 g/mol. The van der Waals surface area contributed by atoms with Gasteiger partial charge in [0.25, 0.3) is 0 Å². The van der Waals surface area contributed by atoms with E-state index in [1.54, 1.807) is 6.07 Å². The van der Waals surface area contributed by atoms with Gasteiger partial charge in [-0.3, -0.25) is 0 Å². The number of nitrogens with zero attached hydrogens (tertiary/aromatic N) is 1. The summed E-state index contributed by atoms with van der Waals surface area (Å²) in [7, 11) is 1.41. The predicted octanol–water partition coefficient (Wildman–Crippen LogP) is 3.15. The van der Waals surface area contributed by atoms with Crippen LogP contribution in [0.5, 0.6) is 11.6 Å². The van der Waals surface area contributed by atoms with Gasteiger partial charge in [0, 0.05) is 23.4 Å². The molecule has 0 fully saturated rings. The molecule has 0 saturated heterocycles. The Kier molecular flexibility index (Phi) is 4.32. The highest BCUT2D eigenvalue weighted by molar-refractivity contribution is 5.73. The summed E-state index contributed by atoms with van der Waals surface area (Å²) in [6.07, 6.45) is -3.46. The van der Waals surface area contributed by atoms with Gasteiger partial charge in [-0.15, -0.1) is 13.2 Å². The summed E-state index contributed by atoms with van der Waals surface area (Å²) < 4.78 is 46.2. The molecule has 0 amide bonds. The third-order valence-electron chi connectivity index (χ3n) is 2.75. The predicted molar refractivity (Wildman–Crippen MR) is 68.8 cm³/mol. The monoisotopic (exact) mass is 299 g/mol. The number of alkyl halides is 3. The van der Waals surface area contributed by atoms with Crippen LogP contribution in [-0.2, 0) is 6.61 Å². The molecule has 4 nitrogen and oxygen atoms in total. The van der Waals surface area contributed by atoms with Crippen LogP contribution < -0.4 is 9.47 Å². The number of aromatic nitrogens is 1. The number of hydrogen-bond donors (Lipinski definition) is 1. The first-order valence-electron chi connectivity index (χ1n) is 5.93. The minimum atomic E-state index is -4.80. The maximum atomic E-state index is 12.4. The maximum absolute atomic E-state index is 12.4. The first kappa shape index (κ1) is 15.1. The molecule has 2 aromatic rings. The van der Waals surface area contributed by atoms with E-state index in [0.717, 1.165) is 0 Å². The molecule has 0 radical (unpaired) electrons. The minimum Gasteiger partial charge on any atom is -0.481 e. The van der Waals surface area contributed by atoms with Crippen molar-refractivity contribution in [2.75, 3.05) is 7.11 Å². The molecule has 2 rings (SSSR count). The van der Waals surface area contributed by atoms with Crippen molar-refractivity contribution in [2.24, 2.45) is 0 Å². The van der Waals surface area contributed by atoms with E-state index in [1.165, 1.54) is 37.6 Å². The lowest BCUT2D eigenvalue weighted by molar-refractivity contribution is -0.274. The Morgan fingerprint density at radius 1 is 1.19 bits per heavy atom. The van der Waals surface area contributed by atoms with Crippen molar-refractivity contribution < 1.29 is 27.8 Å². The quantitative estimate of drug-likeness (QED) is 0.942. The number of aliphatic hydroxyl groups excluding tert-OH is 1. The Bertz CT molecular complexity index is 629. The molecule has 0 saturated carbocycles. The normalized spacial score (nSPS) is 11.3. The van der Waals surface area contributed by atoms with Gasteiger partial charge in [-0.1, -0.05) is 18.2 Å². The van der Waals surface area contributed by atoms with Gasteiger partial charge in [0.05, 0.1) is 13.7 Å². The van der Waals surface area contributed by atoms with Crippen LogP contribution in [0.15, 0.2) is 36.5 Å². The van der Waals surface area contributed by atoms with Crippen molar-refractivity contribution in [3.63, 3.8) is 0 Å². The molecule has 21 heavy (non-hydrogen) atoms. The van der Waals surface area contributed by atoms with Crippen molar-refractivity contribution in [3.05, 3.63) is 42.1 Å². The number of pyridine rings is 1. The van der Waals surface area contributed by atoms with E-state index in [-0.39, 0.29) is 23.8 Å². The summed E-state index contributed by atoms with van der Waals surface area (Å²) >= 11 is 0. The lowest BCUT2D eigenvalue weighted by Gasteiger charge is -2.15. The molecule has 0 unspecified atom stereocenters. The molecule has 0 aliphatic heterocycles. The van der Waals surface area contributed by atoms with Crippen molar-refractivity contribution in [2.45, 2.75) is 13.0 Å². The van der Waals surface area contributed by atoms with E-state index >= 15 is 0 Å². The summed E-state index contributed by atoms with van der Waals surface area (Å²) in [5.74, 6) is -0.0938. The molecule has 0 bridgehead atoms. The van der Waals surface area contributed by atoms with Gasteiger partial charge in [-0.2, -0.15) is 0 Å². The number of aliphatic hydroxyl groups is 1. The smallest absolute Gasteiger partial charge is 0.481 e. The Balaban J connectivity index is 2.51.